The smallest absolute Gasteiger partial charge is 0.116 e. The van der Waals surface area contributed by atoms with Crippen molar-refractivity contribution in [2.45, 2.75) is 18.9 Å². The van der Waals surface area contributed by atoms with Crippen molar-refractivity contribution in [3.8, 4) is 11.1 Å². The Kier molecular flexibility index (Phi) is 4.28. The summed E-state index contributed by atoms with van der Waals surface area (Å²) in [5.74, 6) is 0. The van der Waals surface area contributed by atoms with Crippen LogP contribution in [0.1, 0.15) is 23.1 Å². The third kappa shape index (κ3) is 3.04. The van der Waals surface area contributed by atoms with Gasteiger partial charge in [0.1, 0.15) is 5.60 Å². The molecule has 23 heavy (non-hydrogen) atoms. The maximum Gasteiger partial charge on any atom is 0.116 e. The summed E-state index contributed by atoms with van der Waals surface area (Å²) in [5.41, 5.74) is 9.64. The number of aryl methyl sites for hydroxylation is 1. The van der Waals surface area contributed by atoms with Crippen molar-refractivity contribution >= 4 is 0 Å². The van der Waals surface area contributed by atoms with Gasteiger partial charge >= 0.3 is 0 Å². The van der Waals surface area contributed by atoms with Gasteiger partial charge in [-0.05, 0) is 36.6 Å². The number of nitrogens with zero attached hydrogens (tertiary/aromatic N) is 1. The van der Waals surface area contributed by atoms with E-state index in [2.05, 4.69) is 10.2 Å². The van der Waals surface area contributed by atoms with E-state index in [4.69, 9.17) is 5.73 Å². The van der Waals surface area contributed by atoms with Crippen molar-refractivity contribution in [1.29, 1.82) is 0 Å². The van der Waals surface area contributed by atoms with Gasteiger partial charge in [0, 0.05) is 11.8 Å². The molecular weight excluding hydrogens is 286 g/mol. The number of aliphatic hydroxyl groups is 1. The van der Waals surface area contributed by atoms with Crippen LogP contribution in [0.3, 0.4) is 0 Å². The molecule has 118 valence electrons. The fraction of sp³-hybridized carbons (Fsp3) is 0.211. The molecule has 0 bridgehead atoms. The average molecular weight is 307 g/mol. The molecular formula is C19H21N3O. The monoisotopic (exact) mass is 307 g/mol. The highest BCUT2D eigenvalue weighted by Gasteiger charge is 2.30. The number of aromatic amines is 1. The molecule has 4 heteroatoms. The summed E-state index contributed by atoms with van der Waals surface area (Å²) in [6.07, 6.45) is 4.10. The molecule has 0 aliphatic carbocycles. The van der Waals surface area contributed by atoms with Crippen LogP contribution in [0.15, 0.2) is 60.9 Å². The van der Waals surface area contributed by atoms with Gasteiger partial charge in [0.2, 0.25) is 0 Å². The lowest BCUT2D eigenvalue weighted by atomic mass is 9.83. The number of nitrogens with one attached hydrogen (secondary N) is 1. The second-order valence-electron chi connectivity index (χ2n) is 5.83. The lowest BCUT2D eigenvalue weighted by Crippen LogP contribution is -2.30. The zero-order valence-corrected chi connectivity index (χ0v) is 13.2. The van der Waals surface area contributed by atoms with Crippen LogP contribution < -0.4 is 5.73 Å². The zero-order chi connectivity index (χ0) is 16.3. The second-order valence-corrected chi connectivity index (χ2v) is 5.83. The van der Waals surface area contributed by atoms with E-state index in [1.807, 2.05) is 61.7 Å². The van der Waals surface area contributed by atoms with E-state index < -0.39 is 5.60 Å². The Morgan fingerprint density at radius 2 is 1.61 bits per heavy atom. The topological polar surface area (TPSA) is 74.9 Å². The minimum atomic E-state index is -1.07. The molecule has 0 aliphatic heterocycles. The number of H-pyrrole nitrogens is 1. The van der Waals surface area contributed by atoms with Crippen LogP contribution in [-0.2, 0) is 5.60 Å². The maximum atomic E-state index is 11.3. The van der Waals surface area contributed by atoms with Gasteiger partial charge in [0.25, 0.3) is 0 Å². The minimum absolute atomic E-state index is 0.411. The Balaban J connectivity index is 1.99. The lowest BCUT2D eigenvalue weighted by Gasteiger charge is -2.29. The molecule has 4 nitrogen and oxygen atoms in total. The largest absolute Gasteiger partial charge is 0.380 e. The zero-order valence-electron chi connectivity index (χ0n) is 13.2. The maximum absolute atomic E-state index is 11.3. The first kappa shape index (κ1) is 15.5. The van der Waals surface area contributed by atoms with Gasteiger partial charge in [-0.2, -0.15) is 5.10 Å². The Morgan fingerprint density at radius 3 is 2.13 bits per heavy atom. The van der Waals surface area contributed by atoms with E-state index in [-0.39, 0.29) is 0 Å². The Morgan fingerprint density at radius 1 is 1.00 bits per heavy atom. The molecule has 4 N–H and O–H groups in total. The van der Waals surface area contributed by atoms with Crippen molar-refractivity contribution in [1.82, 2.24) is 10.2 Å². The molecule has 0 amide bonds. The van der Waals surface area contributed by atoms with Crippen molar-refractivity contribution < 1.29 is 5.11 Å². The van der Waals surface area contributed by atoms with E-state index in [9.17, 15) is 5.11 Å². The van der Waals surface area contributed by atoms with Crippen molar-refractivity contribution in [2.75, 3.05) is 6.54 Å². The van der Waals surface area contributed by atoms with E-state index in [1.54, 1.807) is 6.20 Å². The molecule has 1 heterocycles. The van der Waals surface area contributed by atoms with Crippen LogP contribution in [-0.4, -0.2) is 21.8 Å². The normalized spacial score (nSPS) is 13.7. The van der Waals surface area contributed by atoms with Crippen LogP contribution in [0, 0.1) is 6.92 Å². The van der Waals surface area contributed by atoms with Crippen molar-refractivity contribution in [2.24, 2.45) is 5.73 Å². The van der Waals surface area contributed by atoms with Gasteiger partial charge in [-0.15, -0.1) is 0 Å². The molecule has 1 aromatic heterocycles. The first-order valence-corrected chi connectivity index (χ1v) is 7.73. The summed E-state index contributed by atoms with van der Waals surface area (Å²) in [7, 11) is 0. The number of nitrogens with two attached hydrogens (primary N) is 1. The summed E-state index contributed by atoms with van der Waals surface area (Å²) in [5, 5.41) is 18.0. The van der Waals surface area contributed by atoms with Gasteiger partial charge < -0.3 is 10.8 Å². The quantitative estimate of drug-likeness (QED) is 0.678. The summed E-state index contributed by atoms with van der Waals surface area (Å²) >= 11 is 0. The van der Waals surface area contributed by atoms with Crippen LogP contribution >= 0.6 is 0 Å². The predicted octanol–water partition coefficient (Wildman–Crippen LogP) is 2.97. The molecule has 0 saturated heterocycles. The van der Waals surface area contributed by atoms with Crippen LogP contribution in [0.5, 0.6) is 0 Å². The van der Waals surface area contributed by atoms with Crippen molar-refractivity contribution in [3.05, 3.63) is 77.6 Å². The van der Waals surface area contributed by atoms with E-state index in [1.165, 1.54) is 5.56 Å². The average Bonchev–Trinajstić information content (AvgIpc) is 3.10. The number of hydrogen-bond acceptors (Lipinski definition) is 3. The standard InChI is InChI=1S/C19H21N3O/c1-14-2-6-17(7-3-14)19(23,10-11-20)18-8-4-15(5-9-18)16-12-21-22-13-16/h2-9,12-13,23H,10-11,20H2,1H3,(H,21,22). The highest BCUT2D eigenvalue weighted by atomic mass is 16.3. The highest BCUT2D eigenvalue weighted by Crippen LogP contribution is 2.34. The Labute approximate surface area is 136 Å². The highest BCUT2D eigenvalue weighted by molar-refractivity contribution is 5.62. The van der Waals surface area contributed by atoms with Crippen LogP contribution in [0.4, 0.5) is 0 Å². The summed E-state index contributed by atoms with van der Waals surface area (Å²) in [6.45, 7) is 2.44. The van der Waals surface area contributed by atoms with Gasteiger partial charge in [-0.1, -0.05) is 54.1 Å². The first-order valence-electron chi connectivity index (χ1n) is 7.73. The molecule has 0 aliphatic rings. The van der Waals surface area contributed by atoms with Gasteiger partial charge in [-0.25, -0.2) is 0 Å². The molecule has 0 fully saturated rings. The number of aromatic nitrogens is 2. The van der Waals surface area contributed by atoms with Gasteiger partial charge in [0.05, 0.1) is 6.20 Å². The number of rotatable bonds is 5. The molecule has 2 aromatic carbocycles. The predicted molar refractivity (Wildman–Crippen MR) is 91.9 cm³/mol. The number of benzene rings is 2. The molecule has 1 atom stereocenters. The second kappa shape index (κ2) is 6.36. The number of hydrogen-bond donors (Lipinski definition) is 3. The van der Waals surface area contributed by atoms with E-state index >= 15 is 0 Å². The molecule has 1 unspecified atom stereocenters. The van der Waals surface area contributed by atoms with Crippen molar-refractivity contribution in [3.63, 3.8) is 0 Å². The van der Waals surface area contributed by atoms with Crippen LogP contribution in [0.25, 0.3) is 11.1 Å². The molecule has 0 saturated carbocycles. The third-order valence-corrected chi connectivity index (χ3v) is 4.23. The lowest BCUT2D eigenvalue weighted by molar-refractivity contribution is 0.0737. The summed E-state index contributed by atoms with van der Waals surface area (Å²) < 4.78 is 0. The SMILES string of the molecule is Cc1ccc(C(O)(CCN)c2ccc(-c3cn[nH]c3)cc2)cc1. The fourth-order valence-electron chi connectivity index (χ4n) is 2.84. The molecule has 3 rings (SSSR count). The van der Waals surface area contributed by atoms with Crippen LogP contribution in [0.2, 0.25) is 0 Å². The van der Waals surface area contributed by atoms with E-state index in [0.717, 1.165) is 22.3 Å². The summed E-state index contributed by atoms with van der Waals surface area (Å²) in [6, 6.07) is 15.9. The fourth-order valence-corrected chi connectivity index (χ4v) is 2.84. The Hall–Kier alpha value is -2.43. The van der Waals surface area contributed by atoms with Gasteiger partial charge in [-0.3, -0.25) is 5.10 Å². The minimum Gasteiger partial charge on any atom is -0.380 e. The van der Waals surface area contributed by atoms with E-state index in [0.29, 0.717) is 13.0 Å². The molecule has 0 spiro atoms. The first-order chi connectivity index (χ1) is 11.1. The Bertz CT molecular complexity index is 748. The summed E-state index contributed by atoms with van der Waals surface area (Å²) in [4.78, 5) is 0. The molecule has 3 aromatic rings. The third-order valence-electron chi connectivity index (χ3n) is 4.23. The molecule has 0 radical (unpaired) electrons. The van der Waals surface area contributed by atoms with Gasteiger partial charge in [0.15, 0.2) is 0 Å².